The second-order valence-electron chi connectivity index (χ2n) is 5.86. The molecule has 0 heterocycles. The molecule has 0 aromatic heterocycles. The van der Waals surface area contributed by atoms with Crippen LogP contribution >= 0.6 is 0 Å². The summed E-state index contributed by atoms with van der Waals surface area (Å²) < 4.78 is 0. The van der Waals surface area contributed by atoms with Gasteiger partial charge in [-0.05, 0) is 24.1 Å². The third kappa shape index (κ3) is 5.72. The van der Waals surface area contributed by atoms with Crippen LogP contribution in [0.5, 0.6) is 0 Å². The Labute approximate surface area is 148 Å². The number of carboxylic acids is 1. The number of hydrogen-bond acceptors (Lipinski definition) is 3. The Balaban J connectivity index is 2.11. The van der Waals surface area contributed by atoms with Crippen LogP contribution < -0.4 is 10.2 Å². The van der Waals surface area contributed by atoms with Gasteiger partial charge >= 0.3 is 5.97 Å². The number of hydrogen-bond donors (Lipinski definition) is 2. The van der Waals surface area contributed by atoms with Crippen LogP contribution in [0, 0.1) is 0 Å². The molecule has 0 aliphatic heterocycles. The van der Waals surface area contributed by atoms with Crippen LogP contribution in [0.2, 0.25) is 0 Å². The fraction of sp³-hybridized carbons (Fsp3) is 0.300. The van der Waals surface area contributed by atoms with Crippen molar-refractivity contribution in [1.29, 1.82) is 0 Å². The molecule has 5 heteroatoms. The van der Waals surface area contributed by atoms with E-state index >= 15 is 0 Å². The average Bonchev–Trinajstić information content (AvgIpc) is 2.64. The SMILES string of the molecule is CCCC(NCC(=O)N(Cc1ccccc1)c1ccccc1)C(=O)O. The first-order valence-corrected chi connectivity index (χ1v) is 8.47. The fourth-order valence-electron chi connectivity index (χ4n) is 2.60. The number of para-hydroxylation sites is 1. The summed E-state index contributed by atoms with van der Waals surface area (Å²) in [7, 11) is 0. The monoisotopic (exact) mass is 340 g/mol. The quantitative estimate of drug-likeness (QED) is 0.736. The number of carbonyl (C=O) groups is 2. The summed E-state index contributed by atoms with van der Waals surface area (Å²) in [5, 5.41) is 12.1. The molecule has 132 valence electrons. The summed E-state index contributed by atoms with van der Waals surface area (Å²) in [4.78, 5) is 25.7. The van der Waals surface area contributed by atoms with Crippen LogP contribution in [-0.2, 0) is 16.1 Å². The molecule has 2 N–H and O–H groups in total. The van der Waals surface area contributed by atoms with Crippen molar-refractivity contribution >= 4 is 17.6 Å². The van der Waals surface area contributed by atoms with Crippen molar-refractivity contribution in [2.24, 2.45) is 0 Å². The Kier molecular flexibility index (Phi) is 7.16. The Morgan fingerprint density at radius 3 is 2.20 bits per heavy atom. The van der Waals surface area contributed by atoms with Gasteiger partial charge in [0.25, 0.3) is 0 Å². The molecular formula is C20H24N2O3. The first kappa shape index (κ1) is 18.7. The summed E-state index contributed by atoms with van der Waals surface area (Å²) in [6.45, 7) is 2.35. The van der Waals surface area contributed by atoms with E-state index < -0.39 is 12.0 Å². The number of carbonyl (C=O) groups excluding carboxylic acids is 1. The van der Waals surface area contributed by atoms with Gasteiger partial charge in [-0.2, -0.15) is 0 Å². The van der Waals surface area contributed by atoms with Gasteiger partial charge in [0, 0.05) is 5.69 Å². The predicted octanol–water partition coefficient (Wildman–Crippen LogP) is 3.06. The van der Waals surface area contributed by atoms with E-state index in [9.17, 15) is 14.7 Å². The van der Waals surface area contributed by atoms with Crippen molar-refractivity contribution < 1.29 is 14.7 Å². The van der Waals surface area contributed by atoms with E-state index in [1.165, 1.54) is 0 Å². The summed E-state index contributed by atoms with van der Waals surface area (Å²) in [5.74, 6) is -1.08. The maximum atomic E-state index is 12.7. The zero-order chi connectivity index (χ0) is 18.1. The van der Waals surface area contributed by atoms with Crippen molar-refractivity contribution in [1.82, 2.24) is 5.32 Å². The number of rotatable bonds is 9. The minimum Gasteiger partial charge on any atom is -0.480 e. The molecule has 0 saturated heterocycles. The van der Waals surface area contributed by atoms with E-state index in [0.29, 0.717) is 13.0 Å². The van der Waals surface area contributed by atoms with Gasteiger partial charge in [0.2, 0.25) is 5.91 Å². The van der Waals surface area contributed by atoms with Gasteiger partial charge in [-0.25, -0.2) is 0 Å². The van der Waals surface area contributed by atoms with Crippen LogP contribution in [0.15, 0.2) is 60.7 Å². The Bertz CT molecular complexity index is 674. The predicted molar refractivity (Wildman–Crippen MR) is 98.4 cm³/mol. The molecule has 0 spiro atoms. The van der Waals surface area contributed by atoms with E-state index in [-0.39, 0.29) is 12.5 Å². The highest BCUT2D eigenvalue weighted by Crippen LogP contribution is 2.17. The summed E-state index contributed by atoms with van der Waals surface area (Å²) >= 11 is 0. The molecule has 25 heavy (non-hydrogen) atoms. The van der Waals surface area contributed by atoms with E-state index in [2.05, 4.69) is 5.32 Å². The molecule has 0 aliphatic carbocycles. The highest BCUT2D eigenvalue weighted by atomic mass is 16.4. The van der Waals surface area contributed by atoms with Gasteiger partial charge < -0.3 is 10.0 Å². The standard InChI is InChI=1S/C20H24N2O3/c1-2-9-18(20(24)25)21-14-19(23)22(17-12-7-4-8-13-17)15-16-10-5-3-6-11-16/h3-8,10-13,18,21H,2,9,14-15H2,1H3,(H,24,25). The first-order chi connectivity index (χ1) is 12.1. The van der Waals surface area contributed by atoms with Crippen LogP contribution in [-0.4, -0.2) is 29.6 Å². The number of benzene rings is 2. The lowest BCUT2D eigenvalue weighted by Gasteiger charge is -2.24. The molecule has 0 aliphatic rings. The molecule has 1 atom stereocenters. The van der Waals surface area contributed by atoms with Crippen molar-refractivity contribution in [3.63, 3.8) is 0 Å². The second-order valence-corrected chi connectivity index (χ2v) is 5.86. The van der Waals surface area contributed by atoms with Crippen molar-refractivity contribution in [3.8, 4) is 0 Å². The fourth-order valence-corrected chi connectivity index (χ4v) is 2.60. The number of anilines is 1. The molecule has 0 bridgehead atoms. The molecule has 2 aromatic carbocycles. The number of nitrogens with one attached hydrogen (secondary N) is 1. The average molecular weight is 340 g/mol. The lowest BCUT2D eigenvalue weighted by atomic mass is 10.1. The van der Waals surface area contributed by atoms with Gasteiger partial charge in [0.1, 0.15) is 6.04 Å². The highest BCUT2D eigenvalue weighted by Gasteiger charge is 2.20. The Morgan fingerprint density at radius 1 is 1.04 bits per heavy atom. The minimum atomic E-state index is -0.927. The largest absolute Gasteiger partial charge is 0.480 e. The zero-order valence-electron chi connectivity index (χ0n) is 14.4. The topological polar surface area (TPSA) is 69.6 Å². The van der Waals surface area contributed by atoms with E-state index in [4.69, 9.17) is 0 Å². The van der Waals surface area contributed by atoms with Crippen molar-refractivity contribution in [3.05, 3.63) is 66.2 Å². The molecule has 5 nitrogen and oxygen atoms in total. The van der Waals surface area contributed by atoms with Crippen LogP contribution in [0.1, 0.15) is 25.3 Å². The molecule has 2 rings (SSSR count). The Morgan fingerprint density at radius 2 is 1.64 bits per heavy atom. The molecule has 0 fully saturated rings. The third-order valence-electron chi connectivity index (χ3n) is 3.93. The van der Waals surface area contributed by atoms with Gasteiger partial charge in [-0.1, -0.05) is 61.9 Å². The Hall–Kier alpha value is -2.66. The van der Waals surface area contributed by atoms with E-state index in [1.807, 2.05) is 67.6 Å². The second kappa shape index (κ2) is 9.59. The van der Waals surface area contributed by atoms with Gasteiger partial charge in [-0.15, -0.1) is 0 Å². The minimum absolute atomic E-state index is 0.0152. The summed E-state index contributed by atoms with van der Waals surface area (Å²) in [6.07, 6.45) is 1.23. The molecule has 0 saturated carbocycles. The van der Waals surface area contributed by atoms with Crippen molar-refractivity contribution in [2.75, 3.05) is 11.4 Å². The first-order valence-electron chi connectivity index (χ1n) is 8.47. The van der Waals surface area contributed by atoms with E-state index in [1.54, 1.807) is 4.90 Å². The molecular weight excluding hydrogens is 316 g/mol. The number of carboxylic acid groups (broad SMARTS) is 1. The molecule has 0 radical (unpaired) electrons. The number of amides is 1. The molecule has 1 amide bonds. The molecule has 1 unspecified atom stereocenters. The lowest BCUT2D eigenvalue weighted by molar-refractivity contribution is -0.139. The zero-order valence-corrected chi connectivity index (χ0v) is 14.4. The van der Waals surface area contributed by atoms with Gasteiger partial charge in [0.05, 0.1) is 13.1 Å². The number of nitrogens with zero attached hydrogens (tertiary/aromatic N) is 1. The maximum Gasteiger partial charge on any atom is 0.320 e. The van der Waals surface area contributed by atoms with Gasteiger partial charge in [-0.3, -0.25) is 14.9 Å². The summed E-state index contributed by atoms with van der Waals surface area (Å²) in [5.41, 5.74) is 1.81. The van der Waals surface area contributed by atoms with Crippen LogP contribution in [0.3, 0.4) is 0 Å². The number of aliphatic carboxylic acids is 1. The summed E-state index contributed by atoms with van der Waals surface area (Å²) in [6, 6.07) is 18.4. The smallest absolute Gasteiger partial charge is 0.320 e. The lowest BCUT2D eigenvalue weighted by Crippen LogP contribution is -2.44. The van der Waals surface area contributed by atoms with Crippen LogP contribution in [0.25, 0.3) is 0 Å². The maximum absolute atomic E-state index is 12.7. The highest BCUT2D eigenvalue weighted by molar-refractivity contribution is 5.95. The normalized spacial score (nSPS) is 11.7. The van der Waals surface area contributed by atoms with Crippen molar-refractivity contribution in [2.45, 2.75) is 32.4 Å². The van der Waals surface area contributed by atoms with E-state index in [0.717, 1.165) is 17.7 Å². The van der Waals surface area contributed by atoms with Gasteiger partial charge in [0.15, 0.2) is 0 Å². The molecule has 2 aromatic rings. The third-order valence-corrected chi connectivity index (χ3v) is 3.93. The van der Waals surface area contributed by atoms with Crippen LogP contribution in [0.4, 0.5) is 5.69 Å².